The molecule has 1 atom stereocenters. The van der Waals surface area contributed by atoms with Gasteiger partial charge in [-0.05, 0) is 91.3 Å². The summed E-state index contributed by atoms with van der Waals surface area (Å²) in [6.45, 7) is 1.92. The number of hydrogen-bond donors (Lipinski definition) is 1. The van der Waals surface area contributed by atoms with Gasteiger partial charge < -0.3 is 9.73 Å². The van der Waals surface area contributed by atoms with Crippen LogP contribution in [-0.2, 0) is 4.79 Å². The zero-order valence-electron chi connectivity index (χ0n) is 15.9. The molecule has 28 heavy (non-hydrogen) atoms. The molecule has 4 fully saturated rings. The summed E-state index contributed by atoms with van der Waals surface area (Å²) in [6.07, 6.45) is 7.61. The first kappa shape index (κ1) is 18.7. The highest BCUT2D eigenvalue weighted by Gasteiger charge is 2.51. The van der Waals surface area contributed by atoms with E-state index in [1.807, 2.05) is 31.2 Å². The fraction of sp³-hybridized carbons (Fsp3) is 0.571. The van der Waals surface area contributed by atoms with Crippen LogP contribution in [0.2, 0.25) is 0 Å². The lowest BCUT2D eigenvalue weighted by atomic mass is 9.53. The van der Waals surface area contributed by atoms with Crippen LogP contribution < -0.4 is 5.32 Å². The van der Waals surface area contributed by atoms with Gasteiger partial charge in [0.1, 0.15) is 0 Å². The smallest absolute Gasteiger partial charge is 0.277 e. The Morgan fingerprint density at radius 1 is 1.18 bits per heavy atom. The third-order valence-electron chi connectivity index (χ3n) is 6.58. The maximum atomic E-state index is 12.9. The van der Waals surface area contributed by atoms with Crippen molar-refractivity contribution in [1.82, 2.24) is 15.5 Å². The minimum Gasteiger partial charge on any atom is -0.411 e. The molecule has 4 saturated carbocycles. The van der Waals surface area contributed by atoms with Gasteiger partial charge in [0.05, 0.1) is 10.8 Å². The minimum atomic E-state index is -0.263. The number of aromatic nitrogens is 2. The molecule has 7 heteroatoms. The van der Waals surface area contributed by atoms with Gasteiger partial charge in [-0.15, -0.1) is 10.2 Å². The lowest BCUT2D eigenvalue weighted by Gasteiger charge is -2.57. The third-order valence-corrected chi connectivity index (χ3v) is 8.21. The summed E-state index contributed by atoms with van der Waals surface area (Å²) in [5.41, 5.74) is 0.891. The van der Waals surface area contributed by atoms with E-state index in [-0.39, 0.29) is 16.7 Å². The van der Waals surface area contributed by atoms with Crippen LogP contribution >= 0.6 is 27.7 Å². The molecule has 148 valence electrons. The maximum Gasteiger partial charge on any atom is 0.277 e. The number of thioether (sulfide) groups is 1. The summed E-state index contributed by atoms with van der Waals surface area (Å²) >= 11 is 4.84. The largest absolute Gasteiger partial charge is 0.411 e. The molecule has 0 saturated heterocycles. The number of benzene rings is 1. The topological polar surface area (TPSA) is 68.0 Å². The molecular weight excluding hydrogens is 438 g/mol. The first-order chi connectivity index (χ1) is 13.5. The Balaban J connectivity index is 1.24. The molecule has 0 unspecified atom stereocenters. The summed E-state index contributed by atoms with van der Waals surface area (Å²) in [4.78, 5) is 12.9. The molecule has 2 aromatic rings. The van der Waals surface area contributed by atoms with Crippen LogP contribution in [0.4, 0.5) is 0 Å². The molecule has 1 aromatic carbocycles. The van der Waals surface area contributed by atoms with Crippen molar-refractivity contribution in [1.29, 1.82) is 0 Å². The van der Waals surface area contributed by atoms with Gasteiger partial charge in [-0.25, -0.2) is 0 Å². The summed E-state index contributed by atoms with van der Waals surface area (Å²) in [5.74, 6) is 3.00. The first-order valence-electron chi connectivity index (χ1n) is 10.1. The number of nitrogens with one attached hydrogen (secondary N) is 1. The van der Waals surface area contributed by atoms with Crippen LogP contribution in [0.5, 0.6) is 0 Å². The van der Waals surface area contributed by atoms with E-state index in [2.05, 4.69) is 31.4 Å². The van der Waals surface area contributed by atoms with Crippen molar-refractivity contribution in [2.45, 2.75) is 61.5 Å². The fourth-order valence-corrected chi connectivity index (χ4v) is 6.97. The standard InChI is InChI=1S/C21H24BrN3O2S/c1-12(28-20-25-24-19(27-20)16-4-2-3-5-17(16)22)18(26)23-21-9-13-6-14(10-21)8-15(7-13)11-21/h2-5,12-15H,6-11H2,1H3,(H,23,26)/t12-,13?,14?,15?,21?/m0/s1. The van der Waals surface area contributed by atoms with E-state index in [0.717, 1.165) is 47.1 Å². The Bertz CT molecular complexity index is 864. The number of carbonyl (C=O) groups excluding carboxylic acids is 1. The molecule has 0 spiro atoms. The van der Waals surface area contributed by atoms with Gasteiger partial charge in [0.2, 0.25) is 11.8 Å². The lowest BCUT2D eigenvalue weighted by molar-refractivity contribution is -0.126. The SMILES string of the molecule is C[C@H](Sc1nnc(-c2ccccc2Br)o1)C(=O)NC12CC3CC(CC(C3)C1)C2. The summed E-state index contributed by atoms with van der Waals surface area (Å²) < 4.78 is 6.70. The first-order valence-corrected chi connectivity index (χ1v) is 11.7. The quantitative estimate of drug-likeness (QED) is 0.629. The Morgan fingerprint density at radius 3 is 2.46 bits per heavy atom. The van der Waals surface area contributed by atoms with Crippen molar-refractivity contribution in [2.24, 2.45) is 17.8 Å². The van der Waals surface area contributed by atoms with Crippen molar-refractivity contribution >= 4 is 33.6 Å². The second kappa shape index (κ2) is 7.17. The minimum absolute atomic E-state index is 0.0373. The predicted octanol–water partition coefficient (Wildman–Crippen LogP) is 5.06. The number of carbonyl (C=O) groups is 1. The average molecular weight is 462 g/mol. The summed E-state index contributed by atoms with van der Waals surface area (Å²) in [5, 5.41) is 11.9. The highest BCUT2D eigenvalue weighted by atomic mass is 79.9. The average Bonchev–Trinajstić information content (AvgIpc) is 3.08. The molecule has 5 nitrogen and oxygen atoms in total. The van der Waals surface area contributed by atoms with Crippen LogP contribution in [0.3, 0.4) is 0 Å². The van der Waals surface area contributed by atoms with E-state index < -0.39 is 0 Å². The maximum absolute atomic E-state index is 12.9. The summed E-state index contributed by atoms with van der Waals surface area (Å²) in [7, 11) is 0. The zero-order valence-corrected chi connectivity index (χ0v) is 18.3. The molecule has 4 aliphatic carbocycles. The van der Waals surface area contributed by atoms with Gasteiger partial charge in [0.25, 0.3) is 5.22 Å². The van der Waals surface area contributed by atoms with E-state index in [1.165, 1.54) is 31.0 Å². The molecule has 0 aliphatic heterocycles. The highest BCUT2D eigenvalue weighted by Crippen LogP contribution is 2.55. The zero-order chi connectivity index (χ0) is 19.3. The molecule has 0 radical (unpaired) electrons. The number of hydrogen-bond acceptors (Lipinski definition) is 5. The number of rotatable bonds is 5. The highest BCUT2D eigenvalue weighted by molar-refractivity contribution is 9.10. The van der Waals surface area contributed by atoms with Gasteiger partial charge in [-0.1, -0.05) is 23.9 Å². The van der Waals surface area contributed by atoms with Crippen molar-refractivity contribution in [2.75, 3.05) is 0 Å². The second-order valence-electron chi connectivity index (χ2n) is 8.80. The molecule has 1 heterocycles. The van der Waals surface area contributed by atoms with Crippen LogP contribution in [0, 0.1) is 17.8 Å². The molecule has 6 rings (SSSR count). The van der Waals surface area contributed by atoms with Crippen molar-refractivity contribution in [3.05, 3.63) is 28.7 Å². The Labute approximate surface area is 177 Å². The molecular formula is C21H24BrN3O2S. The molecule has 4 bridgehead atoms. The van der Waals surface area contributed by atoms with Crippen molar-refractivity contribution in [3.63, 3.8) is 0 Å². The predicted molar refractivity (Wildman–Crippen MR) is 112 cm³/mol. The number of halogens is 1. The van der Waals surface area contributed by atoms with Gasteiger partial charge >= 0.3 is 0 Å². The fourth-order valence-electron chi connectivity index (χ4n) is 5.83. The number of amides is 1. The molecule has 4 aliphatic rings. The van der Waals surface area contributed by atoms with Gasteiger partial charge in [-0.3, -0.25) is 4.79 Å². The lowest BCUT2D eigenvalue weighted by Crippen LogP contribution is -2.60. The van der Waals surface area contributed by atoms with Crippen molar-refractivity contribution < 1.29 is 9.21 Å². The third kappa shape index (κ3) is 3.52. The van der Waals surface area contributed by atoms with Crippen LogP contribution in [-0.4, -0.2) is 26.9 Å². The molecule has 1 aromatic heterocycles. The molecule has 1 N–H and O–H groups in total. The molecule has 1 amide bonds. The van der Waals surface area contributed by atoms with Crippen LogP contribution in [0.25, 0.3) is 11.5 Å². The van der Waals surface area contributed by atoms with Gasteiger partial charge in [0.15, 0.2) is 0 Å². The van der Waals surface area contributed by atoms with E-state index >= 15 is 0 Å². The second-order valence-corrected chi connectivity index (χ2v) is 10.9. The monoisotopic (exact) mass is 461 g/mol. The number of nitrogens with zero attached hydrogens (tertiary/aromatic N) is 2. The van der Waals surface area contributed by atoms with E-state index in [4.69, 9.17) is 4.42 Å². The Morgan fingerprint density at radius 2 is 1.82 bits per heavy atom. The van der Waals surface area contributed by atoms with Gasteiger partial charge in [0, 0.05) is 10.0 Å². The normalized spacial score (nSPS) is 31.7. The van der Waals surface area contributed by atoms with Crippen molar-refractivity contribution in [3.8, 4) is 11.5 Å². The Hall–Kier alpha value is -1.34. The van der Waals surface area contributed by atoms with E-state index in [1.54, 1.807) is 0 Å². The van der Waals surface area contributed by atoms with E-state index in [9.17, 15) is 4.79 Å². The Kier molecular flexibility index (Phi) is 4.78. The van der Waals surface area contributed by atoms with E-state index in [0.29, 0.717) is 11.1 Å². The van der Waals surface area contributed by atoms with Gasteiger partial charge in [-0.2, -0.15) is 0 Å². The van der Waals surface area contributed by atoms with Crippen LogP contribution in [0.1, 0.15) is 45.4 Å². The van der Waals surface area contributed by atoms with Crippen LogP contribution in [0.15, 0.2) is 38.4 Å². The summed E-state index contributed by atoms with van der Waals surface area (Å²) in [6, 6.07) is 7.73.